The van der Waals surface area contributed by atoms with Crippen LogP contribution in [-0.4, -0.2) is 85.9 Å². The van der Waals surface area contributed by atoms with Crippen LogP contribution in [-0.2, 0) is 4.74 Å². The number of nitrogens with zero attached hydrogens (tertiary/aromatic N) is 4. The number of aromatic nitrogens is 1. The van der Waals surface area contributed by atoms with E-state index < -0.39 is 0 Å². The molecule has 1 N–H and O–H groups in total. The zero-order chi connectivity index (χ0) is 18.4. The minimum Gasteiger partial charge on any atom is -0.374 e. The molecule has 2 aliphatic heterocycles. The Morgan fingerprint density at radius 1 is 1.35 bits per heavy atom. The summed E-state index contributed by atoms with van der Waals surface area (Å²) in [6, 6.07) is 0.0237. The second kappa shape index (κ2) is 9.53. The van der Waals surface area contributed by atoms with Crippen molar-refractivity contribution in [2.75, 3.05) is 63.9 Å². The molecule has 2 amide bonds. The van der Waals surface area contributed by atoms with Crippen LogP contribution in [0, 0.1) is 5.92 Å². The number of morpholine rings is 1. The highest BCUT2D eigenvalue weighted by molar-refractivity contribution is 7.13. The molecule has 0 aliphatic carbocycles. The molecule has 1 atom stereocenters. The highest BCUT2D eigenvalue weighted by Crippen LogP contribution is 2.19. The first-order chi connectivity index (χ1) is 12.6. The van der Waals surface area contributed by atoms with Gasteiger partial charge in [-0.2, -0.15) is 0 Å². The molecule has 3 heterocycles. The summed E-state index contributed by atoms with van der Waals surface area (Å²) in [6.45, 7) is 12.1. The number of carbonyl (C=O) groups excluding carboxylic acids is 1. The van der Waals surface area contributed by atoms with E-state index in [4.69, 9.17) is 4.74 Å². The van der Waals surface area contributed by atoms with E-state index in [1.807, 2.05) is 16.5 Å². The van der Waals surface area contributed by atoms with Gasteiger partial charge in [0.05, 0.1) is 12.7 Å². The Morgan fingerprint density at radius 2 is 2.23 bits per heavy atom. The number of anilines is 1. The van der Waals surface area contributed by atoms with Crippen LogP contribution >= 0.6 is 11.3 Å². The summed E-state index contributed by atoms with van der Waals surface area (Å²) in [5, 5.41) is 6.12. The number of rotatable bonds is 5. The summed E-state index contributed by atoms with van der Waals surface area (Å²) in [5.74, 6) is 0.654. The lowest BCUT2D eigenvalue weighted by atomic mass is 10.2. The first-order valence-corrected chi connectivity index (χ1v) is 10.5. The van der Waals surface area contributed by atoms with Gasteiger partial charge in [-0.05, 0) is 12.3 Å². The predicted octanol–water partition coefficient (Wildman–Crippen LogP) is 1.72. The van der Waals surface area contributed by atoms with E-state index in [1.165, 1.54) is 0 Å². The Bertz CT molecular complexity index is 554. The van der Waals surface area contributed by atoms with Crippen LogP contribution in [0.5, 0.6) is 0 Å². The topological polar surface area (TPSA) is 60.9 Å². The highest BCUT2D eigenvalue weighted by Gasteiger charge is 2.24. The molecule has 8 heteroatoms. The van der Waals surface area contributed by atoms with Crippen molar-refractivity contribution in [1.82, 2.24) is 20.1 Å². The maximum Gasteiger partial charge on any atom is 0.317 e. The second-order valence-corrected chi connectivity index (χ2v) is 8.35. The van der Waals surface area contributed by atoms with Gasteiger partial charge in [0.15, 0.2) is 5.13 Å². The molecule has 146 valence electrons. The lowest BCUT2D eigenvalue weighted by Gasteiger charge is -2.34. The quantitative estimate of drug-likeness (QED) is 0.842. The molecule has 0 radical (unpaired) electrons. The normalized spacial score (nSPS) is 22.5. The maximum atomic E-state index is 12.6. The van der Waals surface area contributed by atoms with Crippen molar-refractivity contribution in [1.29, 1.82) is 0 Å². The molecule has 1 aromatic rings. The van der Waals surface area contributed by atoms with Gasteiger partial charge in [0.1, 0.15) is 0 Å². The fourth-order valence-corrected chi connectivity index (χ4v) is 4.28. The molecule has 2 fully saturated rings. The number of ether oxygens (including phenoxy) is 1. The average molecular weight is 382 g/mol. The van der Waals surface area contributed by atoms with Gasteiger partial charge in [0, 0.05) is 63.9 Å². The standard InChI is InChI=1S/C18H31N5O2S/c1-15(2)13-21-9-10-25-16(14-21)12-20-17(24)22-5-3-6-23(8-7-22)18-19-4-11-26-18/h4,11,15-16H,3,5-10,12-14H2,1-2H3,(H,20,24). The van der Waals surface area contributed by atoms with Crippen LogP contribution in [0.25, 0.3) is 0 Å². The van der Waals surface area contributed by atoms with E-state index in [0.29, 0.717) is 12.5 Å². The Kier molecular flexibility index (Phi) is 7.10. The summed E-state index contributed by atoms with van der Waals surface area (Å²) in [6.07, 6.45) is 2.89. The van der Waals surface area contributed by atoms with E-state index in [9.17, 15) is 4.79 Å². The number of thiazole rings is 1. The van der Waals surface area contributed by atoms with Crippen molar-refractivity contribution >= 4 is 22.5 Å². The average Bonchev–Trinajstić information content (AvgIpc) is 3.04. The first-order valence-electron chi connectivity index (χ1n) is 9.63. The molecule has 2 saturated heterocycles. The van der Waals surface area contributed by atoms with Gasteiger partial charge < -0.3 is 19.9 Å². The fraction of sp³-hybridized carbons (Fsp3) is 0.778. The monoisotopic (exact) mass is 381 g/mol. The van der Waals surface area contributed by atoms with Crippen LogP contribution in [0.3, 0.4) is 0 Å². The third kappa shape index (κ3) is 5.56. The van der Waals surface area contributed by atoms with E-state index in [2.05, 4.69) is 33.9 Å². The molecule has 7 nitrogen and oxygen atoms in total. The Balaban J connectivity index is 1.42. The van der Waals surface area contributed by atoms with Gasteiger partial charge in [0.25, 0.3) is 0 Å². The van der Waals surface area contributed by atoms with Crippen molar-refractivity contribution in [3.63, 3.8) is 0 Å². The molecule has 0 saturated carbocycles. The largest absolute Gasteiger partial charge is 0.374 e. The third-order valence-corrected chi connectivity index (χ3v) is 5.63. The molecular formula is C18H31N5O2S. The molecular weight excluding hydrogens is 350 g/mol. The number of nitrogens with one attached hydrogen (secondary N) is 1. The maximum absolute atomic E-state index is 12.6. The Hall–Kier alpha value is -1.38. The van der Waals surface area contributed by atoms with E-state index in [1.54, 1.807) is 11.3 Å². The van der Waals surface area contributed by atoms with Crippen LogP contribution in [0.2, 0.25) is 0 Å². The van der Waals surface area contributed by atoms with Crippen molar-refractivity contribution in [3.05, 3.63) is 11.6 Å². The predicted molar refractivity (Wildman–Crippen MR) is 105 cm³/mol. The zero-order valence-electron chi connectivity index (χ0n) is 15.9. The second-order valence-electron chi connectivity index (χ2n) is 7.47. The Morgan fingerprint density at radius 3 is 3.00 bits per heavy atom. The van der Waals surface area contributed by atoms with Gasteiger partial charge >= 0.3 is 6.03 Å². The summed E-state index contributed by atoms with van der Waals surface area (Å²) in [4.78, 5) is 23.6. The van der Waals surface area contributed by atoms with Crippen molar-refractivity contribution < 1.29 is 9.53 Å². The van der Waals surface area contributed by atoms with Gasteiger partial charge in [-0.25, -0.2) is 9.78 Å². The van der Waals surface area contributed by atoms with E-state index in [0.717, 1.165) is 64.0 Å². The van der Waals surface area contributed by atoms with Gasteiger partial charge in [-0.1, -0.05) is 13.8 Å². The van der Waals surface area contributed by atoms with Crippen LogP contribution in [0.15, 0.2) is 11.6 Å². The first kappa shape index (κ1) is 19.4. The molecule has 1 aromatic heterocycles. The smallest absolute Gasteiger partial charge is 0.317 e. The lowest BCUT2D eigenvalue weighted by Crippen LogP contribution is -2.50. The minimum absolute atomic E-state index is 0.0237. The number of carbonyl (C=O) groups is 1. The molecule has 0 spiro atoms. The van der Waals surface area contributed by atoms with Crippen molar-refractivity contribution in [3.8, 4) is 0 Å². The number of amides is 2. The van der Waals surface area contributed by atoms with Gasteiger partial charge in [-0.3, -0.25) is 4.90 Å². The number of urea groups is 1. The molecule has 0 bridgehead atoms. The minimum atomic E-state index is 0.0237. The zero-order valence-corrected chi connectivity index (χ0v) is 16.7. The summed E-state index contributed by atoms with van der Waals surface area (Å²) in [7, 11) is 0. The fourth-order valence-electron chi connectivity index (χ4n) is 3.58. The van der Waals surface area contributed by atoms with Crippen molar-refractivity contribution in [2.24, 2.45) is 5.92 Å². The number of hydrogen-bond donors (Lipinski definition) is 1. The third-order valence-electron chi connectivity index (χ3n) is 4.80. The Labute approximate surface area is 160 Å². The SMILES string of the molecule is CC(C)CN1CCOC(CNC(=O)N2CCCN(c3nccs3)CC2)C1. The summed E-state index contributed by atoms with van der Waals surface area (Å²) in [5.41, 5.74) is 0. The van der Waals surface area contributed by atoms with E-state index in [-0.39, 0.29) is 12.1 Å². The van der Waals surface area contributed by atoms with E-state index >= 15 is 0 Å². The van der Waals surface area contributed by atoms with Crippen LogP contribution in [0.4, 0.5) is 9.93 Å². The summed E-state index contributed by atoms with van der Waals surface area (Å²) < 4.78 is 5.83. The van der Waals surface area contributed by atoms with Gasteiger partial charge in [-0.15, -0.1) is 11.3 Å². The van der Waals surface area contributed by atoms with Crippen LogP contribution in [0.1, 0.15) is 20.3 Å². The number of hydrogen-bond acceptors (Lipinski definition) is 6. The highest BCUT2D eigenvalue weighted by atomic mass is 32.1. The van der Waals surface area contributed by atoms with Crippen LogP contribution < -0.4 is 10.2 Å². The lowest BCUT2D eigenvalue weighted by molar-refractivity contribution is -0.0293. The van der Waals surface area contributed by atoms with Crippen molar-refractivity contribution in [2.45, 2.75) is 26.4 Å². The molecule has 26 heavy (non-hydrogen) atoms. The summed E-state index contributed by atoms with van der Waals surface area (Å²) >= 11 is 1.66. The molecule has 0 aromatic carbocycles. The molecule has 3 rings (SSSR count). The molecule has 1 unspecified atom stereocenters. The molecule has 2 aliphatic rings. The van der Waals surface area contributed by atoms with Gasteiger partial charge in [0.2, 0.25) is 0 Å².